The molecule has 0 unspecified atom stereocenters. The number of carbonyl (C=O) groups is 1. The summed E-state index contributed by atoms with van der Waals surface area (Å²) < 4.78 is 0. The van der Waals surface area contributed by atoms with Gasteiger partial charge in [-0.1, -0.05) is 17.7 Å². The Morgan fingerprint density at radius 2 is 1.71 bits per heavy atom. The zero-order chi connectivity index (χ0) is 12.1. The maximum atomic E-state index is 11.7. The highest BCUT2D eigenvalue weighted by atomic mass is 16.2. The van der Waals surface area contributed by atoms with E-state index in [-0.39, 0.29) is 5.91 Å². The number of rotatable bonds is 3. The predicted molar refractivity (Wildman–Crippen MR) is 66.5 cm³/mol. The molecule has 0 spiro atoms. The van der Waals surface area contributed by atoms with Crippen LogP contribution in [0.5, 0.6) is 0 Å². The summed E-state index contributed by atoms with van der Waals surface area (Å²) in [7, 11) is 0. The van der Waals surface area contributed by atoms with Crippen molar-refractivity contribution in [3.63, 3.8) is 0 Å². The molecule has 86 valence electrons. The summed E-state index contributed by atoms with van der Waals surface area (Å²) >= 11 is 0. The van der Waals surface area contributed by atoms with Crippen LogP contribution >= 0.6 is 0 Å². The molecule has 0 saturated heterocycles. The Morgan fingerprint density at radius 1 is 1.06 bits per heavy atom. The topological polar surface area (TPSA) is 54.0 Å². The normalized spacial score (nSPS) is 9.71. The molecule has 17 heavy (non-hydrogen) atoms. The first kappa shape index (κ1) is 11.1. The van der Waals surface area contributed by atoms with E-state index in [4.69, 9.17) is 0 Å². The summed E-state index contributed by atoms with van der Waals surface area (Å²) in [6.07, 6.45) is 3.17. The predicted octanol–water partition coefficient (Wildman–Crippen LogP) is 2.15. The number of hydrogen-bond acceptors (Lipinski definition) is 3. The number of aromatic nitrogens is 1. The molecule has 1 heterocycles. The number of nitrogens with zero attached hydrogens (tertiary/aromatic N) is 1. The van der Waals surface area contributed by atoms with Crippen molar-refractivity contribution >= 4 is 11.6 Å². The molecule has 4 heteroatoms. The second-order valence-electron chi connectivity index (χ2n) is 3.68. The van der Waals surface area contributed by atoms with E-state index in [1.165, 1.54) is 5.56 Å². The van der Waals surface area contributed by atoms with Gasteiger partial charge >= 0.3 is 0 Å². The molecule has 0 aliphatic carbocycles. The molecule has 0 bridgehead atoms. The number of hydrazine groups is 1. The number of amides is 1. The van der Waals surface area contributed by atoms with Crippen LogP contribution in [0.2, 0.25) is 0 Å². The van der Waals surface area contributed by atoms with Crippen LogP contribution in [-0.2, 0) is 0 Å². The van der Waals surface area contributed by atoms with Crippen LogP contribution in [-0.4, -0.2) is 10.9 Å². The van der Waals surface area contributed by atoms with Crippen molar-refractivity contribution < 1.29 is 4.79 Å². The molecule has 0 radical (unpaired) electrons. The number of aryl methyl sites for hydroxylation is 1. The maximum absolute atomic E-state index is 11.7. The molecule has 2 N–H and O–H groups in total. The average molecular weight is 227 g/mol. The van der Waals surface area contributed by atoms with Gasteiger partial charge in [0.15, 0.2) is 0 Å². The first-order valence-corrected chi connectivity index (χ1v) is 5.29. The number of benzene rings is 1. The minimum atomic E-state index is -0.187. The largest absolute Gasteiger partial charge is 0.298 e. The van der Waals surface area contributed by atoms with Crippen molar-refractivity contribution in [3.8, 4) is 0 Å². The first-order chi connectivity index (χ1) is 8.25. The van der Waals surface area contributed by atoms with Gasteiger partial charge in [-0.25, -0.2) is 0 Å². The minimum absolute atomic E-state index is 0.187. The third-order valence-electron chi connectivity index (χ3n) is 2.31. The minimum Gasteiger partial charge on any atom is -0.298 e. The molecule has 4 nitrogen and oxygen atoms in total. The SMILES string of the molecule is Cc1ccc(NNC(=O)c2ccncc2)cc1. The molecular weight excluding hydrogens is 214 g/mol. The Morgan fingerprint density at radius 3 is 2.35 bits per heavy atom. The van der Waals surface area contributed by atoms with Crippen molar-refractivity contribution in [2.45, 2.75) is 6.92 Å². The van der Waals surface area contributed by atoms with E-state index in [0.29, 0.717) is 5.56 Å². The molecule has 2 rings (SSSR count). The molecule has 2 aromatic rings. The van der Waals surface area contributed by atoms with Gasteiger partial charge in [-0.15, -0.1) is 0 Å². The van der Waals surface area contributed by atoms with Crippen LogP contribution in [0.3, 0.4) is 0 Å². The summed E-state index contributed by atoms with van der Waals surface area (Å²) in [6, 6.07) is 11.1. The third kappa shape index (κ3) is 3.04. The smallest absolute Gasteiger partial charge is 0.269 e. The lowest BCUT2D eigenvalue weighted by atomic mass is 10.2. The molecule has 0 atom stereocenters. The van der Waals surface area contributed by atoms with Gasteiger partial charge in [-0.05, 0) is 31.2 Å². The van der Waals surface area contributed by atoms with E-state index in [0.717, 1.165) is 5.69 Å². The zero-order valence-electron chi connectivity index (χ0n) is 9.47. The molecule has 0 aliphatic rings. The molecular formula is C13H13N3O. The van der Waals surface area contributed by atoms with Crippen molar-refractivity contribution in [1.29, 1.82) is 0 Å². The summed E-state index contributed by atoms with van der Waals surface area (Å²) in [5.74, 6) is -0.187. The quantitative estimate of drug-likeness (QED) is 0.790. The standard InChI is InChI=1S/C13H13N3O/c1-10-2-4-12(5-3-10)15-16-13(17)11-6-8-14-9-7-11/h2-9,15H,1H3,(H,16,17). The Labute approximate surface area is 99.7 Å². The Balaban J connectivity index is 1.95. The number of nitrogens with one attached hydrogen (secondary N) is 2. The number of carbonyl (C=O) groups excluding carboxylic acids is 1. The van der Waals surface area contributed by atoms with Crippen LogP contribution < -0.4 is 10.9 Å². The molecule has 0 aliphatic heterocycles. The number of pyridine rings is 1. The lowest BCUT2D eigenvalue weighted by Gasteiger charge is -2.08. The monoisotopic (exact) mass is 227 g/mol. The Hall–Kier alpha value is -2.36. The van der Waals surface area contributed by atoms with Gasteiger partial charge in [0.2, 0.25) is 0 Å². The molecule has 1 aromatic heterocycles. The van der Waals surface area contributed by atoms with Crippen LogP contribution in [0.4, 0.5) is 5.69 Å². The maximum Gasteiger partial charge on any atom is 0.269 e. The lowest BCUT2D eigenvalue weighted by molar-refractivity contribution is 0.0962. The van der Waals surface area contributed by atoms with Crippen LogP contribution in [0.1, 0.15) is 15.9 Å². The van der Waals surface area contributed by atoms with Gasteiger partial charge in [-0.3, -0.25) is 20.6 Å². The molecule has 0 saturated carbocycles. The molecule has 1 amide bonds. The van der Waals surface area contributed by atoms with E-state index in [9.17, 15) is 4.79 Å². The van der Waals surface area contributed by atoms with E-state index in [1.54, 1.807) is 24.5 Å². The van der Waals surface area contributed by atoms with Crippen molar-refractivity contribution in [2.75, 3.05) is 5.43 Å². The molecule has 1 aromatic carbocycles. The van der Waals surface area contributed by atoms with Crippen molar-refractivity contribution in [1.82, 2.24) is 10.4 Å². The second-order valence-corrected chi connectivity index (χ2v) is 3.68. The van der Waals surface area contributed by atoms with Crippen LogP contribution in [0.15, 0.2) is 48.8 Å². The third-order valence-corrected chi connectivity index (χ3v) is 2.31. The zero-order valence-corrected chi connectivity index (χ0v) is 9.47. The van der Waals surface area contributed by atoms with E-state index in [1.807, 2.05) is 31.2 Å². The van der Waals surface area contributed by atoms with E-state index >= 15 is 0 Å². The second kappa shape index (κ2) is 5.12. The van der Waals surface area contributed by atoms with E-state index < -0.39 is 0 Å². The highest BCUT2D eigenvalue weighted by Gasteiger charge is 2.03. The Bertz CT molecular complexity index is 494. The van der Waals surface area contributed by atoms with Gasteiger partial charge in [-0.2, -0.15) is 0 Å². The summed E-state index contributed by atoms with van der Waals surface area (Å²) in [5, 5.41) is 0. The first-order valence-electron chi connectivity index (χ1n) is 5.29. The van der Waals surface area contributed by atoms with Gasteiger partial charge in [0.05, 0.1) is 5.69 Å². The van der Waals surface area contributed by atoms with Crippen LogP contribution in [0, 0.1) is 6.92 Å². The van der Waals surface area contributed by atoms with Crippen LogP contribution in [0.25, 0.3) is 0 Å². The highest BCUT2D eigenvalue weighted by molar-refractivity contribution is 5.94. The fraction of sp³-hybridized carbons (Fsp3) is 0.0769. The van der Waals surface area contributed by atoms with Gasteiger partial charge in [0.1, 0.15) is 0 Å². The lowest BCUT2D eigenvalue weighted by Crippen LogP contribution is -2.29. The van der Waals surface area contributed by atoms with Crippen molar-refractivity contribution in [3.05, 3.63) is 59.9 Å². The van der Waals surface area contributed by atoms with Gasteiger partial charge < -0.3 is 0 Å². The molecule has 0 fully saturated rings. The number of anilines is 1. The fourth-order valence-corrected chi connectivity index (χ4v) is 1.34. The number of hydrogen-bond donors (Lipinski definition) is 2. The summed E-state index contributed by atoms with van der Waals surface area (Å²) in [6.45, 7) is 2.01. The van der Waals surface area contributed by atoms with Gasteiger partial charge in [0, 0.05) is 18.0 Å². The summed E-state index contributed by atoms with van der Waals surface area (Å²) in [4.78, 5) is 15.5. The summed E-state index contributed by atoms with van der Waals surface area (Å²) in [5.41, 5.74) is 8.06. The fourth-order valence-electron chi connectivity index (χ4n) is 1.34. The van der Waals surface area contributed by atoms with E-state index in [2.05, 4.69) is 15.8 Å². The average Bonchev–Trinajstić information content (AvgIpc) is 2.39. The highest BCUT2D eigenvalue weighted by Crippen LogP contribution is 2.07. The Kier molecular flexibility index (Phi) is 3.35. The van der Waals surface area contributed by atoms with Gasteiger partial charge in [0.25, 0.3) is 5.91 Å². The van der Waals surface area contributed by atoms with Crippen molar-refractivity contribution in [2.24, 2.45) is 0 Å².